The van der Waals surface area contributed by atoms with Crippen molar-refractivity contribution >= 4 is 16.8 Å². The predicted octanol–water partition coefficient (Wildman–Crippen LogP) is 3.24. The Morgan fingerprint density at radius 2 is 1.76 bits per heavy atom. The molecule has 3 rings (SSSR count). The molecule has 0 unspecified atom stereocenters. The molecular formula is C22H26N2O5. The summed E-state index contributed by atoms with van der Waals surface area (Å²) in [6, 6.07) is 9.46. The van der Waals surface area contributed by atoms with Crippen LogP contribution in [-0.2, 0) is 11.2 Å². The van der Waals surface area contributed by atoms with E-state index in [9.17, 15) is 4.79 Å². The summed E-state index contributed by atoms with van der Waals surface area (Å²) in [5.74, 6) is 2.24. The van der Waals surface area contributed by atoms with Gasteiger partial charge >= 0.3 is 0 Å². The van der Waals surface area contributed by atoms with E-state index in [1.54, 1.807) is 21.3 Å². The lowest BCUT2D eigenvalue weighted by Crippen LogP contribution is -2.30. The van der Waals surface area contributed by atoms with Crippen molar-refractivity contribution < 1.29 is 23.7 Å². The van der Waals surface area contributed by atoms with Crippen LogP contribution in [0.4, 0.5) is 0 Å². The Morgan fingerprint density at radius 3 is 2.41 bits per heavy atom. The third kappa shape index (κ3) is 4.56. The first-order chi connectivity index (χ1) is 14.1. The Labute approximate surface area is 169 Å². The van der Waals surface area contributed by atoms with Crippen LogP contribution < -0.4 is 24.3 Å². The number of carbonyl (C=O) groups excluding carboxylic acids is 1. The van der Waals surface area contributed by atoms with Crippen molar-refractivity contribution in [3.63, 3.8) is 0 Å². The summed E-state index contributed by atoms with van der Waals surface area (Å²) >= 11 is 0. The van der Waals surface area contributed by atoms with E-state index in [4.69, 9.17) is 18.9 Å². The number of fused-ring (bicyclic) bond motifs is 1. The Morgan fingerprint density at radius 1 is 1.03 bits per heavy atom. The number of aromatic amines is 1. The average Bonchev–Trinajstić information content (AvgIpc) is 3.14. The fraction of sp³-hybridized carbons (Fsp3) is 0.318. The highest BCUT2D eigenvalue weighted by Crippen LogP contribution is 2.44. The number of ether oxygens (including phenoxy) is 4. The smallest absolute Gasteiger partial charge is 0.257 e. The van der Waals surface area contributed by atoms with Crippen molar-refractivity contribution in [3.05, 3.63) is 47.7 Å². The molecule has 0 saturated carbocycles. The maximum absolute atomic E-state index is 12.1. The number of aromatic nitrogens is 1. The highest BCUT2D eigenvalue weighted by molar-refractivity contribution is 5.94. The molecule has 1 amide bonds. The summed E-state index contributed by atoms with van der Waals surface area (Å²) in [7, 11) is 4.76. The summed E-state index contributed by atoms with van der Waals surface area (Å²) in [4.78, 5) is 15.3. The van der Waals surface area contributed by atoms with Gasteiger partial charge in [0.05, 0.1) is 26.8 Å². The van der Waals surface area contributed by atoms with Crippen LogP contribution in [0.5, 0.6) is 23.0 Å². The molecule has 0 saturated heterocycles. The van der Waals surface area contributed by atoms with Crippen LogP contribution in [0.25, 0.3) is 10.9 Å². The SMILES string of the molecule is COc1cc2[nH]cc(CCNC(=O)COc3ccc(C)cc3)c2c(OC)c1OC. The lowest BCUT2D eigenvalue weighted by Gasteiger charge is -2.14. The molecule has 0 radical (unpaired) electrons. The molecule has 1 heterocycles. The highest BCUT2D eigenvalue weighted by Gasteiger charge is 2.19. The van der Waals surface area contributed by atoms with Gasteiger partial charge in [-0.15, -0.1) is 0 Å². The molecule has 0 aliphatic rings. The number of carbonyl (C=O) groups is 1. The van der Waals surface area contributed by atoms with Crippen LogP contribution >= 0.6 is 0 Å². The molecule has 29 heavy (non-hydrogen) atoms. The van der Waals surface area contributed by atoms with Crippen LogP contribution in [0.15, 0.2) is 36.5 Å². The second-order valence-corrected chi connectivity index (χ2v) is 6.58. The average molecular weight is 398 g/mol. The van der Waals surface area contributed by atoms with Crippen LogP contribution in [-0.4, -0.2) is 45.4 Å². The number of amides is 1. The number of rotatable bonds is 9. The fourth-order valence-corrected chi connectivity index (χ4v) is 3.19. The molecule has 0 aliphatic heterocycles. The van der Waals surface area contributed by atoms with Crippen molar-refractivity contribution in [2.24, 2.45) is 0 Å². The van der Waals surface area contributed by atoms with E-state index in [2.05, 4.69) is 10.3 Å². The van der Waals surface area contributed by atoms with Gasteiger partial charge in [0, 0.05) is 24.2 Å². The van der Waals surface area contributed by atoms with Gasteiger partial charge < -0.3 is 29.2 Å². The zero-order valence-electron chi connectivity index (χ0n) is 17.1. The first-order valence-corrected chi connectivity index (χ1v) is 9.32. The zero-order valence-corrected chi connectivity index (χ0v) is 17.1. The van der Waals surface area contributed by atoms with Gasteiger partial charge in [-0.3, -0.25) is 4.79 Å². The summed E-state index contributed by atoms with van der Waals surface area (Å²) in [6.45, 7) is 2.45. The van der Waals surface area contributed by atoms with E-state index in [0.29, 0.717) is 36.0 Å². The second-order valence-electron chi connectivity index (χ2n) is 6.58. The molecule has 0 fully saturated rings. The summed E-state index contributed by atoms with van der Waals surface area (Å²) in [5, 5.41) is 3.79. The van der Waals surface area contributed by atoms with Gasteiger partial charge in [-0.2, -0.15) is 0 Å². The number of nitrogens with one attached hydrogen (secondary N) is 2. The molecule has 3 aromatic rings. The van der Waals surface area contributed by atoms with Gasteiger partial charge in [0.2, 0.25) is 5.75 Å². The first kappa shape index (κ1) is 20.4. The number of hydrogen-bond acceptors (Lipinski definition) is 5. The van der Waals surface area contributed by atoms with E-state index in [-0.39, 0.29) is 12.5 Å². The van der Waals surface area contributed by atoms with Gasteiger partial charge in [-0.05, 0) is 31.0 Å². The lowest BCUT2D eigenvalue weighted by atomic mass is 10.1. The zero-order chi connectivity index (χ0) is 20.8. The Balaban J connectivity index is 1.63. The van der Waals surface area contributed by atoms with Crippen molar-refractivity contribution in [3.8, 4) is 23.0 Å². The van der Waals surface area contributed by atoms with Gasteiger partial charge in [-0.25, -0.2) is 0 Å². The van der Waals surface area contributed by atoms with E-state index in [0.717, 1.165) is 22.0 Å². The van der Waals surface area contributed by atoms with Gasteiger partial charge in [0.1, 0.15) is 5.75 Å². The lowest BCUT2D eigenvalue weighted by molar-refractivity contribution is -0.123. The van der Waals surface area contributed by atoms with Crippen molar-refractivity contribution in [2.75, 3.05) is 34.5 Å². The van der Waals surface area contributed by atoms with Crippen molar-refractivity contribution in [1.82, 2.24) is 10.3 Å². The largest absolute Gasteiger partial charge is 0.493 e. The predicted molar refractivity (Wildman–Crippen MR) is 111 cm³/mol. The number of H-pyrrole nitrogens is 1. The number of benzene rings is 2. The number of hydrogen-bond donors (Lipinski definition) is 2. The third-order valence-electron chi connectivity index (χ3n) is 4.66. The molecule has 1 aromatic heterocycles. The van der Waals surface area contributed by atoms with E-state index >= 15 is 0 Å². The van der Waals surface area contributed by atoms with Crippen molar-refractivity contribution in [1.29, 1.82) is 0 Å². The van der Waals surface area contributed by atoms with Crippen LogP contribution in [0.2, 0.25) is 0 Å². The maximum Gasteiger partial charge on any atom is 0.257 e. The number of aryl methyl sites for hydroxylation is 1. The van der Waals surface area contributed by atoms with E-state index < -0.39 is 0 Å². The molecule has 2 N–H and O–H groups in total. The fourth-order valence-electron chi connectivity index (χ4n) is 3.19. The second kappa shape index (κ2) is 9.23. The van der Waals surface area contributed by atoms with Crippen molar-refractivity contribution in [2.45, 2.75) is 13.3 Å². The van der Waals surface area contributed by atoms with Crippen LogP contribution in [0, 0.1) is 6.92 Å². The van der Waals surface area contributed by atoms with Gasteiger partial charge in [0.25, 0.3) is 5.91 Å². The molecular weight excluding hydrogens is 372 g/mol. The molecule has 154 valence electrons. The molecule has 0 atom stereocenters. The van der Waals surface area contributed by atoms with E-state index in [1.165, 1.54) is 0 Å². The topological polar surface area (TPSA) is 81.8 Å². The minimum atomic E-state index is -0.170. The minimum Gasteiger partial charge on any atom is -0.493 e. The van der Waals surface area contributed by atoms with Gasteiger partial charge in [0.15, 0.2) is 18.1 Å². The minimum absolute atomic E-state index is 0.0225. The van der Waals surface area contributed by atoms with Crippen LogP contribution in [0.3, 0.4) is 0 Å². The maximum atomic E-state index is 12.1. The Hall–Kier alpha value is -3.35. The highest BCUT2D eigenvalue weighted by atomic mass is 16.5. The Kier molecular flexibility index (Phi) is 6.49. The standard InChI is InChI=1S/C22H26N2O5/c1-14-5-7-16(8-6-14)29-13-19(25)23-10-9-15-12-24-17-11-18(26-2)21(27-3)22(28-4)20(15)17/h5-8,11-12,24H,9-10,13H2,1-4H3,(H,23,25). The first-order valence-electron chi connectivity index (χ1n) is 9.32. The summed E-state index contributed by atoms with van der Waals surface area (Å²) in [5.41, 5.74) is 3.03. The molecule has 7 nitrogen and oxygen atoms in total. The molecule has 0 bridgehead atoms. The summed E-state index contributed by atoms with van der Waals surface area (Å²) in [6.07, 6.45) is 2.53. The molecule has 0 spiro atoms. The molecule has 7 heteroatoms. The quantitative estimate of drug-likeness (QED) is 0.578. The molecule has 0 aliphatic carbocycles. The normalized spacial score (nSPS) is 10.6. The van der Waals surface area contributed by atoms with Gasteiger partial charge in [-0.1, -0.05) is 17.7 Å². The Bertz CT molecular complexity index is 979. The van der Waals surface area contributed by atoms with Crippen LogP contribution in [0.1, 0.15) is 11.1 Å². The molecule has 2 aromatic carbocycles. The summed E-state index contributed by atoms with van der Waals surface area (Å²) < 4.78 is 21.9. The monoisotopic (exact) mass is 398 g/mol. The van der Waals surface area contributed by atoms with E-state index in [1.807, 2.05) is 43.5 Å². The number of methoxy groups -OCH3 is 3. The third-order valence-corrected chi connectivity index (χ3v) is 4.66.